The number of hydrogen-bond acceptors (Lipinski definition) is 3. The van der Waals surface area contributed by atoms with Crippen LogP contribution in [0.1, 0.15) is 10.6 Å². The molecule has 96 valence electrons. The Labute approximate surface area is 134 Å². The lowest BCUT2D eigenvalue weighted by molar-refractivity contribution is 0.713. The van der Waals surface area contributed by atoms with Crippen molar-refractivity contribution in [3.8, 4) is 0 Å². The maximum absolute atomic E-state index is 6.11. The lowest BCUT2D eigenvalue weighted by Gasteiger charge is -1.98. The van der Waals surface area contributed by atoms with Crippen LogP contribution in [0.5, 0.6) is 0 Å². The van der Waals surface area contributed by atoms with E-state index in [-0.39, 0.29) is 0 Å². The molecule has 3 heterocycles. The number of hydrogen-bond donors (Lipinski definition) is 0. The second-order valence-electron chi connectivity index (χ2n) is 3.42. The number of thiophene rings is 1. The van der Waals surface area contributed by atoms with Crippen LogP contribution in [0.25, 0.3) is 12.2 Å². The van der Waals surface area contributed by atoms with Crippen molar-refractivity contribution in [1.29, 1.82) is 0 Å². The summed E-state index contributed by atoms with van der Waals surface area (Å²) in [5, 5.41) is 3.71. The highest BCUT2D eigenvalue weighted by atomic mass is 127. The van der Waals surface area contributed by atoms with Crippen LogP contribution in [0.15, 0.2) is 22.7 Å². The van der Waals surface area contributed by atoms with Crippen molar-refractivity contribution in [3.63, 3.8) is 0 Å². The number of thioether (sulfide) groups is 1. The fourth-order valence-corrected chi connectivity index (χ4v) is 3.55. The molecule has 0 spiro atoms. The van der Waals surface area contributed by atoms with E-state index in [1.807, 2.05) is 11.0 Å². The van der Waals surface area contributed by atoms with Gasteiger partial charge in [-0.3, -0.25) is 0 Å². The molecule has 0 saturated heterocycles. The minimum Gasteiger partial charge on any atom is -0.317 e. The summed E-state index contributed by atoms with van der Waals surface area (Å²) in [7, 11) is 0. The Morgan fingerprint density at radius 3 is 3.00 bits per heavy atom. The molecule has 0 radical (unpaired) electrons. The van der Waals surface area contributed by atoms with Crippen LogP contribution in [0.3, 0.4) is 0 Å². The molecule has 0 N–H and O–H groups in total. The van der Waals surface area contributed by atoms with Crippen molar-refractivity contribution in [2.45, 2.75) is 11.7 Å². The van der Waals surface area contributed by atoms with Gasteiger partial charge in [-0.05, 0) is 28.5 Å². The van der Waals surface area contributed by atoms with Crippen molar-refractivity contribution in [1.82, 2.24) is 9.55 Å². The molecule has 0 saturated carbocycles. The standard InChI is InChI=1S/C11H9ClN2S2.CH3I/c12-10-9(4-3-8-2-1-6-15-8)14-5-7-16-11(14)13-10;1-2/h1-4,6H,5,7H2;1H3/b4-3-;. The second-order valence-corrected chi connectivity index (χ2v) is 5.82. The first-order valence-electron chi connectivity index (χ1n) is 5.33. The van der Waals surface area contributed by atoms with E-state index in [1.54, 1.807) is 23.1 Å². The molecule has 2 aromatic heterocycles. The molecule has 0 unspecified atom stereocenters. The van der Waals surface area contributed by atoms with Gasteiger partial charge in [0, 0.05) is 17.2 Å². The zero-order chi connectivity index (χ0) is 13.0. The minimum absolute atomic E-state index is 0.606. The van der Waals surface area contributed by atoms with E-state index in [0.29, 0.717) is 5.15 Å². The van der Waals surface area contributed by atoms with Crippen LogP contribution < -0.4 is 0 Å². The topological polar surface area (TPSA) is 17.8 Å². The maximum atomic E-state index is 6.11. The van der Waals surface area contributed by atoms with Gasteiger partial charge >= 0.3 is 0 Å². The highest BCUT2D eigenvalue weighted by molar-refractivity contribution is 14.1. The number of halogens is 2. The third kappa shape index (κ3) is 3.12. The van der Waals surface area contributed by atoms with Crippen LogP contribution in [0.2, 0.25) is 5.15 Å². The Hall–Kier alpha value is 0.0200. The van der Waals surface area contributed by atoms with Crippen LogP contribution in [-0.4, -0.2) is 20.2 Å². The smallest absolute Gasteiger partial charge is 0.170 e. The molecule has 0 aliphatic carbocycles. The molecule has 2 nitrogen and oxygen atoms in total. The Bertz CT molecular complexity index is 535. The first-order chi connectivity index (χ1) is 8.84. The van der Waals surface area contributed by atoms with Gasteiger partial charge in [0.15, 0.2) is 10.3 Å². The van der Waals surface area contributed by atoms with Gasteiger partial charge in [-0.25, -0.2) is 4.98 Å². The first kappa shape index (κ1) is 14.4. The quantitative estimate of drug-likeness (QED) is 0.516. The van der Waals surface area contributed by atoms with E-state index >= 15 is 0 Å². The zero-order valence-electron chi connectivity index (χ0n) is 9.77. The van der Waals surface area contributed by atoms with Crippen molar-refractivity contribution in [2.75, 3.05) is 10.7 Å². The Morgan fingerprint density at radius 1 is 1.44 bits per heavy atom. The predicted octanol–water partition coefficient (Wildman–Crippen LogP) is 4.93. The summed E-state index contributed by atoms with van der Waals surface area (Å²) >= 11 is 11.7. The molecular formula is C12H12ClIN2S2. The van der Waals surface area contributed by atoms with Crippen molar-refractivity contribution in [3.05, 3.63) is 33.2 Å². The highest BCUT2D eigenvalue weighted by Gasteiger charge is 2.18. The molecule has 2 aromatic rings. The van der Waals surface area contributed by atoms with Crippen molar-refractivity contribution in [2.24, 2.45) is 0 Å². The number of aromatic nitrogens is 2. The lowest BCUT2D eigenvalue weighted by atomic mass is 10.3. The highest BCUT2D eigenvalue weighted by Crippen LogP contribution is 2.31. The number of imidazole rings is 1. The van der Waals surface area contributed by atoms with Gasteiger partial charge in [-0.2, -0.15) is 0 Å². The molecule has 0 amide bonds. The summed E-state index contributed by atoms with van der Waals surface area (Å²) in [5.74, 6) is 1.10. The summed E-state index contributed by atoms with van der Waals surface area (Å²) in [5.41, 5.74) is 1.02. The Balaban J connectivity index is 0.000000574. The number of rotatable bonds is 2. The van der Waals surface area contributed by atoms with E-state index in [0.717, 1.165) is 23.1 Å². The molecule has 6 heteroatoms. The molecule has 0 fully saturated rings. The molecule has 0 bridgehead atoms. The third-order valence-corrected chi connectivity index (χ3v) is 4.49. The van der Waals surface area contributed by atoms with Crippen molar-refractivity contribution >= 4 is 69.4 Å². The summed E-state index contributed by atoms with van der Waals surface area (Å²) in [6, 6.07) is 4.13. The van der Waals surface area contributed by atoms with Crippen LogP contribution >= 0.6 is 57.3 Å². The second kappa shape index (κ2) is 6.98. The van der Waals surface area contributed by atoms with Gasteiger partial charge < -0.3 is 4.57 Å². The normalized spacial score (nSPS) is 13.5. The van der Waals surface area contributed by atoms with Gasteiger partial charge in [0.1, 0.15) is 0 Å². The van der Waals surface area contributed by atoms with E-state index in [1.165, 1.54) is 4.88 Å². The summed E-state index contributed by atoms with van der Waals surface area (Å²) in [4.78, 5) is 7.54. The van der Waals surface area contributed by atoms with Gasteiger partial charge in [-0.15, -0.1) is 11.3 Å². The largest absolute Gasteiger partial charge is 0.317 e. The summed E-state index contributed by atoms with van der Waals surface area (Å²) < 4.78 is 2.18. The van der Waals surface area contributed by atoms with E-state index in [9.17, 15) is 0 Å². The SMILES string of the molecule is CI.Clc1nc2n(c1/C=C\c1cccs1)CCS2. The molecule has 18 heavy (non-hydrogen) atoms. The fraction of sp³-hybridized carbons (Fsp3) is 0.250. The maximum Gasteiger partial charge on any atom is 0.170 e. The average Bonchev–Trinajstić information content (AvgIpc) is 3.07. The average molecular weight is 411 g/mol. The van der Waals surface area contributed by atoms with E-state index < -0.39 is 0 Å². The van der Waals surface area contributed by atoms with Crippen molar-refractivity contribution < 1.29 is 0 Å². The zero-order valence-corrected chi connectivity index (χ0v) is 14.3. The van der Waals surface area contributed by atoms with Gasteiger partial charge in [0.25, 0.3) is 0 Å². The summed E-state index contributed by atoms with van der Waals surface area (Å²) in [6.45, 7) is 1.00. The molecule has 3 rings (SSSR count). The minimum atomic E-state index is 0.606. The van der Waals surface area contributed by atoms with Gasteiger partial charge in [0.2, 0.25) is 0 Å². The van der Waals surface area contributed by atoms with Gasteiger partial charge in [0.05, 0.1) is 5.69 Å². The number of nitrogens with zero attached hydrogens (tertiary/aromatic N) is 2. The van der Waals surface area contributed by atoms with E-state index in [4.69, 9.17) is 11.6 Å². The first-order valence-corrected chi connectivity index (χ1v) is 9.73. The molecule has 1 aliphatic rings. The molecule has 1 aliphatic heterocycles. The molecule has 0 atom stereocenters. The Kier molecular flexibility index (Phi) is 5.59. The lowest BCUT2D eigenvalue weighted by Crippen LogP contribution is -1.95. The van der Waals surface area contributed by atoms with Crippen LogP contribution in [0, 0.1) is 0 Å². The molecular weight excluding hydrogens is 399 g/mol. The van der Waals surface area contributed by atoms with Crippen LogP contribution in [-0.2, 0) is 6.54 Å². The predicted molar refractivity (Wildman–Crippen MR) is 91.2 cm³/mol. The monoisotopic (exact) mass is 410 g/mol. The van der Waals surface area contributed by atoms with E-state index in [2.05, 4.69) is 55.7 Å². The van der Waals surface area contributed by atoms with Crippen LogP contribution in [0.4, 0.5) is 0 Å². The number of alkyl halides is 1. The number of fused-ring (bicyclic) bond motifs is 1. The third-order valence-electron chi connectivity index (χ3n) is 2.42. The van der Waals surface area contributed by atoms with Gasteiger partial charge in [-0.1, -0.05) is 52.0 Å². The summed E-state index contributed by atoms with van der Waals surface area (Å²) in [6.07, 6.45) is 4.14. The Morgan fingerprint density at radius 2 is 2.28 bits per heavy atom. The molecule has 0 aromatic carbocycles. The fourth-order valence-electron chi connectivity index (χ4n) is 1.68.